The van der Waals surface area contributed by atoms with Crippen LogP contribution in [0.5, 0.6) is 0 Å². The summed E-state index contributed by atoms with van der Waals surface area (Å²) in [7, 11) is 0. The second-order valence-corrected chi connectivity index (χ2v) is 5.26. The molecular weight excluding hydrogens is 212 g/mol. The number of hydrogen-bond acceptors (Lipinski definition) is 3. The molecule has 0 amide bonds. The Hall–Kier alpha value is -0.800. The van der Waals surface area contributed by atoms with E-state index in [1.54, 1.807) is 0 Å². The van der Waals surface area contributed by atoms with Crippen LogP contribution in [-0.4, -0.2) is 0 Å². The van der Waals surface area contributed by atoms with Crippen molar-refractivity contribution >= 4 is 0 Å². The molecule has 2 rings (SSSR count). The van der Waals surface area contributed by atoms with Gasteiger partial charge in [0.1, 0.15) is 11.5 Å². The van der Waals surface area contributed by atoms with Crippen molar-refractivity contribution in [1.29, 1.82) is 0 Å². The Morgan fingerprint density at radius 2 is 1.88 bits per heavy atom. The molecule has 0 radical (unpaired) electrons. The van der Waals surface area contributed by atoms with Crippen molar-refractivity contribution in [3.8, 4) is 0 Å². The van der Waals surface area contributed by atoms with Gasteiger partial charge < -0.3 is 4.42 Å². The van der Waals surface area contributed by atoms with Gasteiger partial charge in [0.15, 0.2) is 0 Å². The van der Waals surface area contributed by atoms with Crippen LogP contribution in [0.4, 0.5) is 0 Å². The zero-order valence-corrected chi connectivity index (χ0v) is 11.0. The van der Waals surface area contributed by atoms with Crippen LogP contribution >= 0.6 is 0 Å². The molecule has 1 aliphatic rings. The molecule has 0 bridgehead atoms. The van der Waals surface area contributed by atoms with Gasteiger partial charge in [0.2, 0.25) is 0 Å². The van der Waals surface area contributed by atoms with Crippen molar-refractivity contribution in [1.82, 2.24) is 5.43 Å². The van der Waals surface area contributed by atoms with Crippen LogP contribution in [0, 0.1) is 19.8 Å². The maximum atomic E-state index is 5.77. The van der Waals surface area contributed by atoms with Crippen LogP contribution in [0.25, 0.3) is 0 Å². The third kappa shape index (κ3) is 2.90. The van der Waals surface area contributed by atoms with Gasteiger partial charge in [-0.15, -0.1) is 0 Å². The largest absolute Gasteiger partial charge is 0.466 e. The summed E-state index contributed by atoms with van der Waals surface area (Å²) in [4.78, 5) is 0. The molecule has 1 atom stereocenters. The molecule has 1 aliphatic carbocycles. The van der Waals surface area contributed by atoms with E-state index in [1.165, 1.54) is 44.1 Å². The first-order valence-electron chi connectivity index (χ1n) is 6.75. The SMILES string of the molecule is Cc1cc(C(NN)C2CCCCCC2)c(C)o1. The average Bonchev–Trinajstić information content (AvgIpc) is 2.55. The summed E-state index contributed by atoms with van der Waals surface area (Å²) in [6.45, 7) is 4.03. The lowest BCUT2D eigenvalue weighted by Crippen LogP contribution is -2.33. The second kappa shape index (κ2) is 5.69. The van der Waals surface area contributed by atoms with Crippen LogP contribution in [0.3, 0.4) is 0 Å². The smallest absolute Gasteiger partial charge is 0.105 e. The molecule has 1 fully saturated rings. The fourth-order valence-electron chi connectivity index (χ4n) is 3.08. The summed E-state index contributed by atoms with van der Waals surface area (Å²) < 4.78 is 5.62. The zero-order chi connectivity index (χ0) is 12.3. The topological polar surface area (TPSA) is 51.2 Å². The molecule has 3 heteroatoms. The summed E-state index contributed by atoms with van der Waals surface area (Å²) in [5, 5.41) is 0. The van der Waals surface area contributed by atoms with Gasteiger partial charge in [0, 0.05) is 5.56 Å². The number of nitrogens with one attached hydrogen (secondary N) is 1. The molecule has 0 aromatic carbocycles. The Kier molecular flexibility index (Phi) is 4.24. The van der Waals surface area contributed by atoms with Crippen molar-refractivity contribution in [2.24, 2.45) is 11.8 Å². The molecule has 96 valence electrons. The third-order valence-electron chi connectivity index (χ3n) is 3.97. The van der Waals surface area contributed by atoms with Gasteiger partial charge in [-0.1, -0.05) is 25.7 Å². The minimum Gasteiger partial charge on any atom is -0.466 e. The molecule has 1 aromatic rings. The van der Waals surface area contributed by atoms with E-state index >= 15 is 0 Å². The maximum Gasteiger partial charge on any atom is 0.105 e. The highest BCUT2D eigenvalue weighted by Gasteiger charge is 2.26. The van der Waals surface area contributed by atoms with Gasteiger partial charge in [-0.25, -0.2) is 0 Å². The molecule has 1 aromatic heterocycles. The first-order chi connectivity index (χ1) is 8.22. The Labute approximate surface area is 104 Å². The molecule has 1 unspecified atom stereocenters. The highest BCUT2D eigenvalue weighted by atomic mass is 16.3. The number of rotatable bonds is 3. The van der Waals surface area contributed by atoms with E-state index in [0.717, 1.165) is 11.5 Å². The second-order valence-electron chi connectivity index (χ2n) is 5.26. The predicted octanol–water partition coefficient (Wildman–Crippen LogP) is 3.37. The van der Waals surface area contributed by atoms with Gasteiger partial charge in [0.25, 0.3) is 0 Å². The normalized spacial score (nSPS) is 20.2. The summed E-state index contributed by atoms with van der Waals surface area (Å²) in [6, 6.07) is 2.38. The van der Waals surface area contributed by atoms with Gasteiger partial charge >= 0.3 is 0 Å². The predicted molar refractivity (Wildman–Crippen MR) is 69.4 cm³/mol. The molecular formula is C14H24N2O. The quantitative estimate of drug-likeness (QED) is 0.480. The summed E-state index contributed by atoms with van der Waals surface area (Å²) >= 11 is 0. The molecule has 0 spiro atoms. The summed E-state index contributed by atoms with van der Waals surface area (Å²) in [5.74, 6) is 8.41. The third-order valence-corrected chi connectivity index (χ3v) is 3.97. The highest BCUT2D eigenvalue weighted by Crippen LogP contribution is 2.35. The van der Waals surface area contributed by atoms with Gasteiger partial charge in [-0.05, 0) is 38.7 Å². The number of hydrogen-bond donors (Lipinski definition) is 2. The van der Waals surface area contributed by atoms with Crippen molar-refractivity contribution in [3.63, 3.8) is 0 Å². The molecule has 3 nitrogen and oxygen atoms in total. The number of furan rings is 1. The lowest BCUT2D eigenvalue weighted by molar-refractivity contribution is 0.325. The van der Waals surface area contributed by atoms with Crippen molar-refractivity contribution in [3.05, 3.63) is 23.2 Å². The molecule has 0 saturated heterocycles. The van der Waals surface area contributed by atoms with Crippen LogP contribution < -0.4 is 11.3 Å². The standard InChI is InChI=1S/C14H24N2O/c1-10-9-13(11(2)17-10)14(16-15)12-7-5-3-4-6-8-12/h9,12,14,16H,3-8,15H2,1-2H3. The fourth-order valence-corrected chi connectivity index (χ4v) is 3.08. The Morgan fingerprint density at radius 1 is 1.24 bits per heavy atom. The Balaban J connectivity index is 2.16. The number of nitrogens with two attached hydrogens (primary N) is 1. The van der Waals surface area contributed by atoms with E-state index in [4.69, 9.17) is 10.3 Å². The maximum absolute atomic E-state index is 5.77. The minimum atomic E-state index is 0.255. The Bertz CT molecular complexity index is 351. The molecule has 17 heavy (non-hydrogen) atoms. The summed E-state index contributed by atoms with van der Waals surface area (Å²) in [6.07, 6.45) is 7.96. The summed E-state index contributed by atoms with van der Waals surface area (Å²) in [5.41, 5.74) is 4.26. The van der Waals surface area contributed by atoms with Gasteiger partial charge in [-0.2, -0.15) is 0 Å². The lowest BCUT2D eigenvalue weighted by atomic mass is 9.87. The zero-order valence-electron chi connectivity index (χ0n) is 11.0. The van der Waals surface area contributed by atoms with Crippen molar-refractivity contribution in [2.45, 2.75) is 58.4 Å². The van der Waals surface area contributed by atoms with E-state index < -0.39 is 0 Å². The van der Waals surface area contributed by atoms with E-state index in [-0.39, 0.29) is 6.04 Å². The number of aryl methyl sites for hydroxylation is 2. The monoisotopic (exact) mass is 236 g/mol. The van der Waals surface area contributed by atoms with Crippen molar-refractivity contribution < 1.29 is 4.42 Å². The van der Waals surface area contributed by atoms with Crippen LogP contribution in [-0.2, 0) is 0 Å². The van der Waals surface area contributed by atoms with Gasteiger partial charge in [0.05, 0.1) is 6.04 Å². The van der Waals surface area contributed by atoms with Crippen LogP contribution in [0.2, 0.25) is 0 Å². The molecule has 0 aliphatic heterocycles. The lowest BCUT2D eigenvalue weighted by Gasteiger charge is -2.25. The Morgan fingerprint density at radius 3 is 2.35 bits per heavy atom. The molecule has 1 saturated carbocycles. The van der Waals surface area contributed by atoms with E-state index in [0.29, 0.717) is 5.92 Å². The molecule has 1 heterocycles. The van der Waals surface area contributed by atoms with E-state index in [2.05, 4.69) is 11.5 Å². The minimum absolute atomic E-state index is 0.255. The molecule has 3 N–H and O–H groups in total. The first-order valence-corrected chi connectivity index (χ1v) is 6.75. The first kappa shape index (κ1) is 12.7. The van der Waals surface area contributed by atoms with E-state index in [9.17, 15) is 0 Å². The van der Waals surface area contributed by atoms with Crippen LogP contribution in [0.15, 0.2) is 10.5 Å². The number of hydrazine groups is 1. The van der Waals surface area contributed by atoms with Crippen molar-refractivity contribution in [2.75, 3.05) is 0 Å². The van der Waals surface area contributed by atoms with Crippen LogP contribution in [0.1, 0.15) is 61.7 Å². The highest BCUT2D eigenvalue weighted by molar-refractivity contribution is 5.24. The average molecular weight is 236 g/mol. The van der Waals surface area contributed by atoms with E-state index in [1.807, 2.05) is 13.8 Å². The van der Waals surface area contributed by atoms with Gasteiger partial charge in [-0.3, -0.25) is 11.3 Å². The fraction of sp³-hybridized carbons (Fsp3) is 0.714.